The molecule has 1 fully saturated rings. The van der Waals surface area contributed by atoms with Gasteiger partial charge in [-0.2, -0.15) is 0 Å². The molecule has 0 saturated carbocycles. The van der Waals surface area contributed by atoms with Crippen LogP contribution in [0.4, 0.5) is 4.39 Å². The molecule has 5 rings (SSSR count). The third-order valence-corrected chi connectivity index (χ3v) is 6.33. The molecule has 0 bridgehead atoms. The van der Waals surface area contributed by atoms with Gasteiger partial charge in [0.05, 0.1) is 11.9 Å². The fourth-order valence-electron chi connectivity index (χ4n) is 4.25. The smallest absolute Gasteiger partial charge is 0.270 e. The normalized spacial score (nSPS) is 15.1. The molecule has 6 nitrogen and oxygen atoms in total. The largest absolute Gasteiger partial charge is 0.348 e. The van der Waals surface area contributed by atoms with Crippen molar-refractivity contribution in [1.82, 2.24) is 24.6 Å². The lowest BCUT2D eigenvalue weighted by Crippen LogP contribution is -2.43. The number of benzene rings is 1. The summed E-state index contributed by atoms with van der Waals surface area (Å²) in [7, 11) is 2.09. The van der Waals surface area contributed by atoms with Crippen molar-refractivity contribution in [2.45, 2.75) is 18.9 Å². The van der Waals surface area contributed by atoms with Crippen LogP contribution in [-0.4, -0.2) is 51.4 Å². The summed E-state index contributed by atoms with van der Waals surface area (Å²) >= 11 is 6.12. The average molecular weight is 464 g/mol. The number of carbonyl (C=O) groups excluding carboxylic acids is 1. The van der Waals surface area contributed by atoms with E-state index in [-0.39, 0.29) is 11.9 Å². The second kappa shape index (κ2) is 8.92. The van der Waals surface area contributed by atoms with Crippen LogP contribution in [0, 0.1) is 5.82 Å². The van der Waals surface area contributed by atoms with E-state index in [9.17, 15) is 9.18 Å². The van der Waals surface area contributed by atoms with E-state index in [0.717, 1.165) is 37.1 Å². The maximum Gasteiger partial charge on any atom is 0.270 e. The van der Waals surface area contributed by atoms with Crippen molar-refractivity contribution in [3.8, 4) is 22.4 Å². The molecule has 1 aliphatic heterocycles. The van der Waals surface area contributed by atoms with Gasteiger partial charge in [-0.1, -0.05) is 17.7 Å². The van der Waals surface area contributed by atoms with E-state index in [4.69, 9.17) is 11.6 Å². The molecular weight excluding hydrogens is 441 g/mol. The minimum absolute atomic E-state index is 0.151. The number of imidazole rings is 1. The molecule has 4 heterocycles. The lowest BCUT2D eigenvalue weighted by molar-refractivity contribution is 0.0911. The lowest BCUT2D eigenvalue weighted by atomic mass is 10.0. The summed E-state index contributed by atoms with van der Waals surface area (Å²) in [5.41, 5.74) is 3.45. The number of carbonyl (C=O) groups is 1. The number of nitrogens with one attached hydrogen (secondary N) is 1. The number of pyridine rings is 2. The molecule has 0 unspecified atom stereocenters. The fraction of sp³-hybridized carbons (Fsp3) is 0.240. The van der Waals surface area contributed by atoms with Gasteiger partial charge in [-0.15, -0.1) is 0 Å². The summed E-state index contributed by atoms with van der Waals surface area (Å²) in [4.78, 5) is 24.1. The van der Waals surface area contributed by atoms with Crippen LogP contribution >= 0.6 is 11.6 Å². The maximum absolute atomic E-state index is 14.6. The highest BCUT2D eigenvalue weighted by atomic mass is 35.5. The Morgan fingerprint density at radius 2 is 1.94 bits per heavy atom. The van der Waals surface area contributed by atoms with E-state index in [1.807, 2.05) is 24.4 Å². The minimum atomic E-state index is -0.402. The zero-order valence-corrected chi connectivity index (χ0v) is 18.9. The first-order valence-electron chi connectivity index (χ1n) is 10.9. The number of nitrogens with zero attached hydrogens (tertiary/aromatic N) is 4. The molecule has 1 saturated heterocycles. The Balaban J connectivity index is 1.51. The van der Waals surface area contributed by atoms with Gasteiger partial charge in [0.15, 0.2) is 0 Å². The highest BCUT2D eigenvalue weighted by Gasteiger charge is 2.21. The molecule has 33 heavy (non-hydrogen) atoms. The Morgan fingerprint density at radius 3 is 2.76 bits per heavy atom. The standard InChI is InChI=1S/C25H23ClFN5O/c1-31-11-8-18(9-12-31)30-25(33)22-14-29-23-7-4-16(15-32(22)23)19-3-2-10-28-24(19)20-13-17(26)5-6-21(20)27/h2-7,10,13-15,18H,8-9,11-12H2,1H3,(H,30,33). The van der Waals surface area contributed by atoms with Crippen LogP contribution in [0.25, 0.3) is 28.0 Å². The highest BCUT2D eigenvalue weighted by Crippen LogP contribution is 2.33. The second-order valence-electron chi connectivity index (χ2n) is 8.36. The zero-order valence-electron chi connectivity index (χ0n) is 18.1. The van der Waals surface area contributed by atoms with Gasteiger partial charge >= 0.3 is 0 Å². The second-order valence-corrected chi connectivity index (χ2v) is 8.80. The summed E-state index contributed by atoms with van der Waals surface area (Å²) in [6.45, 7) is 1.93. The Kier molecular flexibility index (Phi) is 5.83. The summed E-state index contributed by atoms with van der Waals surface area (Å²) in [5, 5.41) is 3.57. The molecular formula is C25H23ClFN5O. The monoisotopic (exact) mass is 463 g/mol. The first-order chi connectivity index (χ1) is 16.0. The summed E-state index contributed by atoms with van der Waals surface area (Å²) in [6.07, 6.45) is 6.90. The van der Waals surface area contributed by atoms with Crippen LogP contribution in [0.2, 0.25) is 5.02 Å². The molecule has 1 amide bonds. The number of likely N-dealkylation sites (tertiary alicyclic amines) is 1. The SMILES string of the molecule is CN1CCC(NC(=O)c2cnc3ccc(-c4cccnc4-c4cc(Cl)ccc4F)cn23)CC1. The average Bonchev–Trinajstić information content (AvgIpc) is 3.25. The van der Waals surface area contributed by atoms with Crippen LogP contribution in [0.15, 0.2) is 61.1 Å². The molecule has 4 aromatic rings. The number of rotatable bonds is 4. The first-order valence-corrected chi connectivity index (χ1v) is 11.2. The highest BCUT2D eigenvalue weighted by molar-refractivity contribution is 6.30. The van der Waals surface area contributed by atoms with E-state index in [2.05, 4.69) is 27.2 Å². The van der Waals surface area contributed by atoms with Gasteiger partial charge in [0.25, 0.3) is 5.91 Å². The Hall–Kier alpha value is -3.29. The summed E-state index contributed by atoms with van der Waals surface area (Å²) in [5.74, 6) is -0.553. The van der Waals surface area contributed by atoms with Gasteiger partial charge in [-0.25, -0.2) is 9.37 Å². The number of amides is 1. The Morgan fingerprint density at radius 1 is 1.12 bits per heavy atom. The number of hydrogen-bond donors (Lipinski definition) is 1. The van der Waals surface area contributed by atoms with E-state index in [1.165, 1.54) is 12.1 Å². The van der Waals surface area contributed by atoms with Gasteiger partial charge in [0.1, 0.15) is 17.2 Å². The van der Waals surface area contributed by atoms with Gasteiger partial charge in [-0.05, 0) is 69.4 Å². The first kappa shape index (κ1) is 21.6. The van der Waals surface area contributed by atoms with E-state index in [1.54, 1.807) is 28.9 Å². The van der Waals surface area contributed by atoms with E-state index in [0.29, 0.717) is 27.6 Å². The van der Waals surface area contributed by atoms with Crippen molar-refractivity contribution >= 4 is 23.2 Å². The molecule has 0 aliphatic carbocycles. The molecule has 1 N–H and O–H groups in total. The molecule has 1 aliphatic rings. The number of fused-ring (bicyclic) bond motifs is 1. The van der Waals surface area contributed by atoms with Crippen molar-refractivity contribution < 1.29 is 9.18 Å². The number of hydrogen-bond acceptors (Lipinski definition) is 4. The maximum atomic E-state index is 14.6. The van der Waals surface area contributed by atoms with Gasteiger partial charge in [0.2, 0.25) is 0 Å². The predicted molar refractivity (Wildman–Crippen MR) is 127 cm³/mol. The van der Waals surface area contributed by atoms with Crippen molar-refractivity contribution in [2.24, 2.45) is 0 Å². The molecule has 8 heteroatoms. The molecule has 0 radical (unpaired) electrons. The molecule has 3 aromatic heterocycles. The minimum Gasteiger partial charge on any atom is -0.348 e. The van der Waals surface area contributed by atoms with E-state index < -0.39 is 5.82 Å². The Labute approximate surface area is 196 Å². The van der Waals surface area contributed by atoms with Gasteiger partial charge in [-0.3, -0.25) is 14.2 Å². The van der Waals surface area contributed by atoms with Crippen molar-refractivity contribution in [3.05, 3.63) is 77.6 Å². The quantitative estimate of drug-likeness (QED) is 0.477. The van der Waals surface area contributed by atoms with Crippen molar-refractivity contribution in [2.75, 3.05) is 20.1 Å². The molecule has 0 atom stereocenters. The van der Waals surface area contributed by atoms with Gasteiger partial charge in [0, 0.05) is 40.1 Å². The predicted octanol–water partition coefficient (Wildman–Crippen LogP) is 4.68. The topological polar surface area (TPSA) is 62.5 Å². The molecule has 1 aromatic carbocycles. The van der Waals surface area contributed by atoms with Crippen LogP contribution < -0.4 is 5.32 Å². The van der Waals surface area contributed by atoms with Crippen LogP contribution in [0.5, 0.6) is 0 Å². The lowest BCUT2D eigenvalue weighted by Gasteiger charge is -2.29. The van der Waals surface area contributed by atoms with Crippen molar-refractivity contribution in [3.63, 3.8) is 0 Å². The molecule has 0 spiro atoms. The van der Waals surface area contributed by atoms with E-state index >= 15 is 0 Å². The zero-order chi connectivity index (χ0) is 22.9. The van der Waals surface area contributed by atoms with Gasteiger partial charge < -0.3 is 10.2 Å². The van der Waals surface area contributed by atoms with Crippen molar-refractivity contribution in [1.29, 1.82) is 0 Å². The third kappa shape index (κ3) is 4.34. The van der Waals surface area contributed by atoms with Crippen LogP contribution in [-0.2, 0) is 0 Å². The van der Waals surface area contributed by atoms with Crippen LogP contribution in [0.1, 0.15) is 23.3 Å². The summed E-state index contributed by atoms with van der Waals surface area (Å²) < 4.78 is 16.4. The number of halogens is 2. The Bertz CT molecular complexity index is 1330. The number of piperidine rings is 1. The summed E-state index contributed by atoms with van der Waals surface area (Å²) in [6, 6.07) is 12.0. The van der Waals surface area contributed by atoms with Crippen LogP contribution in [0.3, 0.4) is 0 Å². The fourth-order valence-corrected chi connectivity index (χ4v) is 4.42. The third-order valence-electron chi connectivity index (χ3n) is 6.09. The molecule has 168 valence electrons. The number of aromatic nitrogens is 3.